The van der Waals surface area contributed by atoms with Gasteiger partial charge in [0.1, 0.15) is 5.60 Å². The van der Waals surface area contributed by atoms with Crippen molar-refractivity contribution >= 4 is 12.1 Å². The third kappa shape index (κ3) is 4.00. The average Bonchev–Trinajstić information content (AvgIpc) is 2.45. The van der Waals surface area contributed by atoms with Crippen LogP contribution in [-0.2, 0) is 20.8 Å². The number of ether oxygens (including phenoxy) is 2. The fourth-order valence-corrected chi connectivity index (χ4v) is 2.64. The van der Waals surface area contributed by atoms with E-state index in [1.165, 1.54) is 7.11 Å². The van der Waals surface area contributed by atoms with E-state index in [4.69, 9.17) is 9.47 Å². The molecule has 1 amide bonds. The quantitative estimate of drug-likeness (QED) is 0.788. The van der Waals surface area contributed by atoms with Gasteiger partial charge in [0, 0.05) is 19.0 Å². The lowest BCUT2D eigenvalue weighted by atomic mass is 9.87. The van der Waals surface area contributed by atoms with Gasteiger partial charge in [-0.3, -0.25) is 4.79 Å². The number of nitrogens with zero attached hydrogens (tertiary/aromatic N) is 1. The summed E-state index contributed by atoms with van der Waals surface area (Å²) < 4.78 is 10.2. The molecule has 0 bridgehead atoms. The zero-order chi connectivity index (χ0) is 16.3. The van der Waals surface area contributed by atoms with Gasteiger partial charge in [-0.1, -0.05) is 24.3 Å². The van der Waals surface area contributed by atoms with E-state index in [1.54, 1.807) is 4.90 Å². The molecule has 2 rings (SSSR count). The second-order valence-electron chi connectivity index (χ2n) is 6.54. The maximum absolute atomic E-state index is 12.3. The number of carbonyl (C=O) groups excluding carboxylic acids is 2. The van der Waals surface area contributed by atoms with Crippen LogP contribution in [0.15, 0.2) is 24.3 Å². The Bertz CT molecular complexity index is 562. The van der Waals surface area contributed by atoms with Gasteiger partial charge in [0.05, 0.1) is 13.5 Å². The fourth-order valence-electron chi connectivity index (χ4n) is 2.64. The van der Waals surface area contributed by atoms with Crippen molar-refractivity contribution in [3.8, 4) is 0 Å². The summed E-state index contributed by atoms with van der Waals surface area (Å²) in [4.78, 5) is 25.6. The van der Waals surface area contributed by atoms with Crippen LogP contribution in [0.1, 0.15) is 44.2 Å². The largest absolute Gasteiger partial charge is 0.469 e. The fraction of sp³-hybridized carbons (Fsp3) is 0.529. The van der Waals surface area contributed by atoms with E-state index in [2.05, 4.69) is 0 Å². The molecule has 120 valence electrons. The van der Waals surface area contributed by atoms with E-state index in [0.29, 0.717) is 13.1 Å². The summed E-state index contributed by atoms with van der Waals surface area (Å²) in [5.41, 5.74) is 1.62. The molecule has 0 N–H and O–H groups in total. The third-order valence-electron chi connectivity index (χ3n) is 3.59. The van der Waals surface area contributed by atoms with E-state index in [-0.39, 0.29) is 24.4 Å². The third-order valence-corrected chi connectivity index (χ3v) is 3.59. The molecule has 22 heavy (non-hydrogen) atoms. The Morgan fingerprint density at radius 2 is 1.95 bits per heavy atom. The number of hydrogen-bond donors (Lipinski definition) is 0. The highest BCUT2D eigenvalue weighted by Gasteiger charge is 2.31. The van der Waals surface area contributed by atoms with Gasteiger partial charge in [-0.2, -0.15) is 0 Å². The number of methoxy groups -OCH3 is 1. The van der Waals surface area contributed by atoms with Crippen LogP contribution in [0.25, 0.3) is 0 Å². The Labute approximate surface area is 131 Å². The van der Waals surface area contributed by atoms with Gasteiger partial charge in [-0.05, 0) is 31.9 Å². The topological polar surface area (TPSA) is 55.8 Å². The van der Waals surface area contributed by atoms with Gasteiger partial charge in [0.15, 0.2) is 0 Å². The van der Waals surface area contributed by atoms with Crippen molar-refractivity contribution < 1.29 is 19.1 Å². The summed E-state index contributed by atoms with van der Waals surface area (Å²) in [6.07, 6.45) is -0.0934. The van der Waals surface area contributed by atoms with Crippen LogP contribution in [0.4, 0.5) is 4.79 Å². The van der Waals surface area contributed by atoms with E-state index in [9.17, 15) is 9.59 Å². The molecule has 0 spiro atoms. The Morgan fingerprint density at radius 1 is 1.27 bits per heavy atom. The second-order valence-corrected chi connectivity index (χ2v) is 6.54. The van der Waals surface area contributed by atoms with Gasteiger partial charge in [-0.15, -0.1) is 0 Å². The molecule has 0 saturated carbocycles. The van der Waals surface area contributed by atoms with E-state index in [0.717, 1.165) is 11.1 Å². The van der Waals surface area contributed by atoms with Crippen LogP contribution in [0.2, 0.25) is 0 Å². The summed E-state index contributed by atoms with van der Waals surface area (Å²) in [6.45, 7) is 6.49. The molecule has 5 heteroatoms. The molecule has 0 radical (unpaired) electrons. The maximum atomic E-state index is 12.3. The number of esters is 1. The van der Waals surface area contributed by atoms with Crippen molar-refractivity contribution in [1.82, 2.24) is 4.90 Å². The highest BCUT2D eigenvalue weighted by molar-refractivity contribution is 5.72. The van der Waals surface area contributed by atoms with Gasteiger partial charge >= 0.3 is 12.1 Å². The van der Waals surface area contributed by atoms with Crippen molar-refractivity contribution in [2.75, 3.05) is 13.7 Å². The lowest BCUT2D eigenvalue weighted by Crippen LogP contribution is -2.42. The average molecular weight is 305 g/mol. The standard InChI is InChI=1S/C17H23NO4/c1-17(2,3)22-16(20)18-10-12-7-5-6-8-14(12)13(11-18)9-15(19)21-4/h5-8,13H,9-11H2,1-4H3. The summed E-state index contributed by atoms with van der Waals surface area (Å²) in [7, 11) is 1.38. The lowest BCUT2D eigenvalue weighted by Gasteiger charge is -2.35. The first-order valence-corrected chi connectivity index (χ1v) is 7.42. The Morgan fingerprint density at radius 3 is 2.59 bits per heavy atom. The van der Waals surface area contributed by atoms with Gasteiger partial charge in [0.25, 0.3) is 0 Å². The maximum Gasteiger partial charge on any atom is 0.410 e. The minimum absolute atomic E-state index is 0.0649. The van der Waals surface area contributed by atoms with E-state index >= 15 is 0 Å². The highest BCUT2D eigenvalue weighted by Crippen LogP contribution is 2.31. The predicted molar refractivity (Wildman–Crippen MR) is 82.5 cm³/mol. The monoisotopic (exact) mass is 305 g/mol. The first-order chi connectivity index (χ1) is 10.3. The molecule has 1 heterocycles. The Hall–Kier alpha value is -2.04. The second kappa shape index (κ2) is 6.38. The molecular formula is C17H23NO4. The van der Waals surface area contributed by atoms with Crippen LogP contribution < -0.4 is 0 Å². The molecule has 0 fully saturated rings. The minimum Gasteiger partial charge on any atom is -0.469 e. The van der Waals surface area contributed by atoms with Crippen LogP contribution >= 0.6 is 0 Å². The van der Waals surface area contributed by atoms with Crippen molar-refractivity contribution in [3.05, 3.63) is 35.4 Å². The van der Waals surface area contributed by atoms with E-state index < -0.39 is 5.60 Å². The Balaban J connectivity index is 2.20. The van der Waals surface area contributed by atoms with E-state index in [1.807, 2.05) is 45.0 Å². The van der Waals surface area contributed by atoms with Crippen LogP contribution in [0.5, 0.6) is 0 Å². The molecule has 1 aliphatic rings. The summed E-state index contributed by atoms with van der Waals surface area (Å²) in [5.74, 6) is -0.337. The van der Waals surface area contributed by atoms with Crippen molar-refractivity contribution in [2.45, 2.75) is 45.3 Å². The smallest absolute Gasteiger partial charge is 0.410 e. The zero-order valence-corrected chi connectivity index (χ0v) is 13.6. The molecular weight excluding hydrogens is 282 g/mol. The number of hydrogen-bond acceptors (Lipinski definition) is 4. The molecule has 0 aliphatic carbocycles. The highest BCUT2D eigenvalue weighted by atomic mass is 16.6. The number of amides is 1. The molecule has 0 aromatic heterocycles. The summed E-state index contributed by atoms with van der Waals surface area (Å²) in [6, 6.07) is 7.88. The first-order valence-electron chi connectivity index (χ1n) is 7.42. The zero-order valence-electron chi connectivity index (χ0n) is 13.6. The molecule has 0 saturated heterocycles. The lowest BCUT2D eigenvalue weighted by molar-refractivity contribution is -0.141. The van der Waals surface area contributed by atoms with Gasteiger partial charge < -0.3 is 14.4 Å². The molecule has 1 unspecified atom stereocenters. The van der Waals surface area contributed by atoms with Crippen molar-refractivity contribution in [2.24, 2.45) is 0 Å². The Kier molecular flexibility index (Phi) is 4.74. The van der Waals surface area contributed by atoms with Crippen LogP contribution in [-0.4, -0.2) is 36.2 Å². The number of carbonyl (C=O) groups is 2. The normalized spacial score (nSPS) is 17.6. The molecule has 1 aliphatic heterocycles. The van der Waals surface area contributed by atoms with Crippen molar-refractivity contribution in [1.29, 1.82) is 0 Å². The van der Waals surface area contributed by atoms with Crippen LogP contribution in [0, 0.1) is 0 Å². The number of rotatable bonds is 2. The molecule has 5 nitrogen and oxygen atoms in total. The summed E-state index contributed by atoms with van der Waals surface area (Å²) in [5, 5.41) is 0. The SMILES string of the molecule is COC(=O)CC1CN(C(=O)OC(C)(C)C)Cc2ccccc21. The number of fused-ring (bicyclic) bond motifs is 1. The molecule has 1 aromatic rings. The molecule has 1 aromatic carbocycles. The first kappa shape index (κ1) is 16.3. The number of benzene rings is 1. The van der Waals surface area contributed by atoms with Crippen LogP contribution in [0.3, 0.4) is 0 Å². The van der Waals surface area contributed by atoms with Gasteiger partial charge in [-0.25, -0.2) is 4.79 Å². The predicted octanol–water partition coefficient (Wildman–Crippen LogP) is 3.08. The molecule has 1 atom stereocenters. The van der Waals surface area contributed by atoms with Crippen molar-refractivity contribution in [3.63, 3.8) is 0 Å². The summed E-state index contributed by atoms with van der Waals surface area (Å²) >= 11 is 0. The minimum atomic E-state index is -0.536. The van der Waals surface area contributed by atoms with Gasteiger partial charge in [0.2, 0.25) is 0 Å².